The Balaban J connectivity index is 1.26. The Bertz CT molecular complexity index is 1910. The Hall–Kier alpha value is -3.93. The summed E-state index contributed by atoms with van der Waals surface area (Å²) in [5, 5.41) is 20.6. The molecule has 2 aromatic heterocycles. The molecule has 10 nitrogen and oxygen atoms in total. The summed E-state index contributed by atoms with van der Waals surface area (Å²) in [7, 11) is 1.50. The molecule has 2 fully saturated rings. The average Bonchev–Trinajstić information content (AvgIpc) is 3.94. The van der Waals surface area contributed by atoms with Crippen LogP contribution in [0.5, 0.6) is 11.5 Å². The standard InChI is InChI=1S/C32H30Cl2FN5O5/c1-30(29(36)42)15-45-27-21(30)12-24(38-26(27)20-11-19(33)5-6-22(20)35)32(43,18-3-4-18)14-37-28(41)16-9-17-13-40(31(34)7-8-31)39-25(17)23(10-16)44-2/h5-6,9-13,18,43H,3-4,7-8,14-15H2,1-2H3,(H2,36,42)(H,37,41)/t30-,32?/m0/s1. The van der Waals surface area contributed by atoms with Crippen LogP contribution in [-0.2, 0) is 20.8 Å². The quantitative estimate of drug-likeness (QED) is 0.221. The second-order valence-electron chi connectivity index (χ2n) is 12.3. The summed E-state index contributed by atoms with van der Waals surface area (Å²) in [4.78, 5) is 30.3. The number of carbonyl (C=O) groups excluding carboxylic acids is 2. The number of primary amides is 1. The fraction of sp³-hybridized carbons (Fsp3) is 0.375. The molecule has 0 bridgehead atoms. The molecule has 2 aliphatic carbocycles. The summed E-state index contributed by atoms with van der Waals surface area (Å²) >= 11 is 12.8. The van der Waals surface area contributed by atoms with Crippen LogP contribution in [0.4, 0.5) is 4.39 Å². The fourth-order valence-electron chi connectivity index (χ4n) is 5.92. The van der Waals surface area contributed by atoms with Crippen molar-refractivity contribution in [2.24, 2.45) is 11.7 Å². The van der Waals surface area contributed by atoms with E-state index in [1.807, 2.05) is 0 Å². The van der Waals surface area contributed by atoms with E-state index in [9.17, 15) is 14.7 Å². The van der Waals surface area contributed by atoms with Crippen molar-refractivity contribution in [1.82, 2.24) is 20.1 Å². The van der Waals surface area contributed by atoms with E-state index in [1.165, 1.54) is 25.3 Å². The molecule has 1 unspecified atom stereocenters. The Morgan fingerprint density at radius 3 is 2.69 bits per heavy atom. The SMILES string of the molecule is COc1cc(C(=O)NCC(O)(c2cc3c(c(-c4cc(Cl)ccc4F)n2)OC[C@]3(C)C(N)=O)C2CC2)cc2cn(C3(Cl)CC3)nc12. The lowest BCUT2D eigenvalue weighted by atomic mass is 9.81. The van der Waals surface area contributed by atoms with Crippen molar-refractivity contribution in [2.45, 2.75) is 48.6 Å². The maximum absolute atomic E-state index is 15.2. The summed E-state index contributed by atoms with van der Waals surface area (Å²) in [5.41, 5.74) is 4.41. The van der Waals surface area contributed by atoms with Gasteiger partial charge >= 0.3 is 0 Å². The van der Waals surface area contributed by atoms with Gasteiger partial charge in [0.05, 0.1) is 19.3 Å². The summed E-state index contributed by atoms with van der Waals surface area (Å²) in [6.45, 7) is 1.34. The largest absolute Gasteiger partial charge is 0.494 e. The van der Waals surface area contributed by atoms with Crippen molar-refractivity contribution >= 4 is 45.9 Å². The number of nitrogens with zero attached hydrogens (tertiary/aromatic N) is 3. The van der Waals surface area contributed by atoms with Crippen molar-refractivity contribution in [3.63, 3.8) is 0 Å². The fourth-order valence-corrected chi connectivity index (χ4v) is 6.27. The number of amides is 2. The zero-order valence-corrected chi connectivity index (χ0v) is 26.0. The lowest BCUT2D eigenvalue weighted by molar-refractivity contribution is -0.123. The highest BCUT2D eigenvalue weighted by molar-refractivity contribution is 6.30. The molecule has 2 atom stereocenters. The van der Waals surface area contributed by atoms with Crippen LogP contribution in [0.2, 0.25) is 5.02 Å². The number of aliphatic hydroxyl groups is 1. The van der Waals surface area contributed by atoms with E-state index < -0.39 is 33.6 Å². The van der Waals surface area contributed by atoms with Gasteiger partial charge in [0, 0.05) is 33.3 Å². The second kappa shape index (κ2) is 10.3. The van der Waals surface area contributed by atoms with Crippen LogP contribution >= 0.6 is 23.2 Å². The first-order chi connectivity index (χ1) is 21.4. The number of methoxy groups -OCH3 is 1. The molecule has 2 amide bonds. The van der Waals surface area contributed by atoms with E-state index in [2.05, 4.69) is 10.4 Å². The van der Waals surface area contributed by atoms with Crippen molar-refractivity contribution < 1.29 is 28.6 Å². The predicted molar refractivity (Wildman–Crippen MR) is 165 cm³/mol. The number of aromatic nitrogens is 3. The van der Waals surface area contributed by atoms with Crippen LogP contribution in [0.1, 0.15) is 54.2 Å². The van der Waals surface area contributed by atoms with Gasteiger partial charge in [0.2, 0.25) is 5.91 Å². The minimum Gasteiger partial charge on any atom is -0.494 e. The zero-order chi connectivity index (χ0) is 31.9. The minimum absolute atomic E-state index is 0.0439. The number of benzene rings is 2. The first kappa shape index (κ1) is 29.8. The molecular formula is C32H30Cl2FN5O5. The van der Waals surface area contributed by atoms with Gasteiger partial charge in [0.1, 0.15) is 51.1 Å². The van der Waals surface area contributed by atoms with Gasteiger partial charge in [-0.2, -0.15) is 5.10 Å². The van der Waals surface area contributed by atoms with Gasteiger partial charge in [-0.05, 0) is 74.9 Å². The van der Waals surface area contributed by atoms with E-state index in [0.29, 0.717) is 40.6 Å². The van der Waals surface area contributed by atoms with Crippen LogP contribution < -0.4 is 20.5 Å². The molecule has 234 valence electrons. The summed E-state index contributed by atoms with van der Waals surface area (Å²) in [6, 6.07) is 8.88. The van der Waals surface area contributed by atoms with Gasteiger partial charge in [-0.1, -0.05) is 23.2 Å². The van der Waals surface area contributed by atoms with Crippen molar-refractivity contribution in [1.29, 1.82) is 0 Å². The minimum atomic E-state index is -1.66. The third-order valence-electron chi connectivity index (χ3n) is 9.14. The van der Waals surface area contributed by atoms with Crippen LogP contribution in [0.25, 0.3) is 22.2 Å². The molecule has 2 saturated carbocycles. The smallest absolute Gasteiger partial charge is 0.251 e. The van der Waals surface area contributed by atoms with Gasteiger partial charge in [0.25, 0.3) is 5.91 Å². The van der Waals surface area contributed by atoms with Gasteiger partial charge in [-0.3, -0.25) is 14.3 Å². The topological polar surface area (TPSA) is 142 Å². The first-order valence-corrected chi connectivity index (χ1v) is 15.3. The number of carbonyl (C=O) groups is 2. The monoisotopic (exact) mass is 653 g/mol. The van der Waals surface area contributed by atoms with Crippen LogP contribution in [-0.4, -0.2) is 51.9 Å². The van der Waals surface area contributed by atoms with Gasteiger partial charge < -0.3 is 25.6 Å². The molecule has 4 aromatic rings. The zero-order valence-electron chi connectivity index (χ0n) is 24.5. The number of hydrogen-bond donors (Lipinski definition) is 3. The normalized spacial score (nSPS) is 21.1. The highest BCUT2D eigenvalue weighted by Gasteiger charge is 2.50. The molecule has 1 aliphatic heterocycles. The van der Waals surface area contributed by atoms with E-state index in [4.69, 9.17) is 43.4 Å². The molecule has 0 spiro atoms. The molecule has 4 N–H and O–H groups in total. The third kappa shape index (κ3) is 4.88. The Kier molecular flexibility index (Phi) is 6.81. The van der Waals surface area contributed by atoms with E-state index in [1.54, 1.807) is 36.0 Å². The number of pyridine rings is 1. The van der Waals surface area contributed by atoms with Crippen molar-refractivity contribution in [2.75, 3.05) is 20.3 Å². The highest BCUT2D eigenvalue weighted by atomic mass is 35.5. The number of hydrogen-bond acceptors (Lipinski definition) is 7. The third-order valence-corrected chi connectivity index (χ3v) is 9.93. The summed E-state index contributed by atoms with van der Waals surface area (Å²) < 4.78 is 28.3. The van der Waals surface area contributed by atoms with E-state index in [0.717, 1.165) is 12.8 Å². The maximum atomic E-state index is 15.2. The lowest BCUT2D eigenvalue weighted by Gasteiger charge is -2.30. The highest BCUT2D eigenvalue weighted by Crippen LogP contribution is 2.51. The Morgan fingerprint density at radius 1 is 1.27 bits per heavy atom. The van der Waals surface area contributed by atoms with Crippen LogP contribution in [0, 0.1) is 11.7 Å². The number of rotatable bonds is 9. The predicted octanol–water partition coefficient (Wildman–Crippen LogP) is 4.75. The number of alkyl halides is 1. The summed E-state index contributed by atoms with van der Waals surface area (Å²) in [5.74, 6) is -1.37. The molecule has 0 radical (unpaired) electrons. The molecule has 3 aliphatic rings. The molecule has 13 heteroatoms. The lowest BCUT2D eigenvalue weighted by Crippen LogP contribution is -2.44. The average molecular weight is 655 g/mol. The number of ether oxygens (including phenoxy) is 2. The number of halogens is 3. The number of fused-ring (bicyclic) bond motifs is 2. The Morgan fingerprint density at radius 2 is 2.02 bits per heavy atom. The molecule has 7 rings (SSSR count). The van der Waals surface area contributed by atoms with Crippen molar-refractivity contribution in [3.05, 3.63) is 70.3 Å². The van der Waals surface area contributed by atoms with Gasteiger partial charge in [-0.15, -0.1) is 0 Å². The maximum Gasteiger partial charge on any atom is 0.251 e. The molecule has 0 saturated heterocycles. The van der Waals surface area contributed by atoms with Gasteiger partial charge in [0.15, 0.2) is 0 Å². The first-order valence-electron chi connectivity index (χ1n) is 14.6. The molecule has 2 aromatic carbocycles. The van der Waals surface area contributed by atoms with Crippen LogP contribution in [0.15, 0.2) is 42.6 Å². The second-order valence-corrected chi connectivity index (χ2v) is 13.5. The van der Waals surface area contributed by atoms with Crippen molar-refractivity contribution in [3.8, 4) is 22.8 Å². The Labute approximate surface area is 267 Å². The number of nitrogens with one attached hydrogen (secondary N) is 1. The van der Waals surface area contributed by atoms with E-state index >= 15 is 4.39 Å². The molecule has 3 heterocycles. The van der Waals surface area contributed by atoms with E-state index in [-0.39, 0.29) is 46.8 Å². The summed E-state index contributed by atoms with van der Waals surface area (Å²) in [6.07, 6.45) is 4.73. The molecule has 45 heavy (non-hydrogen) atoms. The van der Waals surface area contributed by atoms with Crippen LogP contribution in [0.3, 0.4) is 0 Å². The van der Waals surface area contributed by atoms with Gasteiger partial charge in [-0.25, -0.2) is 9.37 Å². The molecular weight excluding hydrogens is 624 g/mol. The number of nitrogens with two attached hydrogens (primary N) is 1.